The van der Waals surface area contributed by atoms with Crippen molar-refractivity contribution in [2.24, 2.45) is 0 Å². The van der Waals surface area contributed by atoms with Crippen molar-refractivity contribution in [2.75, 3.05) is 21.0 Å². The standard InChI is InChI=1S/C15H22O5/c1-15(2,3)20-14(16)13-11(9-17-4)7-6-8-12(13)19-10-18-5/h6-8H,9-10H2,1-5H3. The molecule has 5 heteroatoms. The zero-order chi connectivity index (χ0) is 15.2. The number of ether oxygens (including phenoxy) is 4. The van der Waals surface area contributed by atoms with E-state index in [1.807, 2.05) is 26.8 Å². The number of carbonyl (C=O) groups is 1. The van der Waals surface area contributed by atoms with Crippen LogP contribution in [-0.4, -0.2) is 32.6 Å². The van der Waals surface area contributed by atoms with E-state index in [1.54, 1.807) is 19.2 Å². The van der Waals surface area contributed by atoms with Crippen molar-refractivity contribution in [3.63, 3.8) is 0 Å². The second kappa shape index (κ2) is 7.26. The lowest BCUT2D eigenvalue weighted by molar-refractivity contribution is 0.00514. The van der Waals surface area contributed by atoms with Gasteiger partial charge in [0.1, 0.15) is 16.9 Å². The number of hydrogen-bond donors (Lipinski definition) is 0. The fraction of sp³-hybridized carbons (Fsp3) is 0.533. The number of hydrogen-bond acceptors (Lipinski definition) is 5. The summed E-state index contributed by atoms with van der Waals surface area (Å²) >= 11 is 0. The largest absolute Gasteiger partial charge is 0.467 e. The van der Waals surface area contributed by atoms with Crippen LogP contribution in [0.4, 0.5) is 0 Å². The molecule has 112 valence electrons. The summed E-state index contributed by atoms with van der Waals surface area (Å²) in [7, 11) is 3.09. The molecule has 5 nitrogen and oxygen atoms in total. The number of rotatable bonds is 6. The minimum absolute atomic E-state index is 0.0617. The molecule has 0 fully saturated rings. The number of benzene rings is 1. The third kappa shape index (κ3) is 4.83. The average molecular weight is 282 g/mol. The molecule has 0 radical (unpaired) electrons. The van der Waals surface area contributed by atoms with E-state index >= 15 is 0 Å². The van der Waals surface area contributed by atoms with Crippen molar-refractivity contribution >= 4 is 5.97 Å². The van der Waals surface area contributed by atoms with Gasteiger partial charge in [-0.1, -0.05) is 12.1 Å². The summed E-state index contributed by atoms with van der Waals surface area (Å²) in [5, 5.41) is 0. The fourth-order valence-corrected chi connectivity index (χ4v) is 1.66. The van der Waals surface area contributed by atoms with E-state index in [0.717, 1.165) is 5.56 Å². The Labute approximate surface area is 119 Å². The van der Waals surface area contributed by atoms with Gasteiger partial charge in [0.2, 0.25) is 0 Å². The first kappa shape index (κ1) is 16.5. The second-order valence-electron chi connectivity index (χ2n) is 5.28. The molecule has 0 N–H and O–H groups in total. The van der Waals surface area contributed by atoms with E-state index < -0.39 is 11.6 Å². The van der Waals surface area contributed by atoms with Gasteiger partial charge in [-0.15, -0.1) is 0 Å². The molecular weight excluding hydrogens is 260 g/mol. The first-order valence-electron chi connectivity index (χ1n) is 6.35. The van der Waals surface area contributed by atoms with Gasteiger partial charge in [-0.25, -0.2) is 4.79 Å². The molecule has 0 saturated heterocycles. The summed E-state index contributed by atoms with van der Waals surface area (Å²) in [4.78, 5) is 12.3. The van der Waals surface area contributed by atoms with Crippen LogP contribution in [0.2, 0.25) is 0 Å². The highest BCUT2D eigenvalue weighted by molar-refractivity contribution is 5.94. The zero-order valence-electron chi connectivity index (χ0n) is 12.7. The van der Waals surface area contributed by atoms with Crippen LogP contribution >= 0.6 is 0 Å². The monoisotopic (exact) mass is 282 g/mol. The summed E-state index contributed by atoms with van der Waals surface area (Å²) < 4.78 is 20.8. The van der Waals surface area contributed by atoms with E-state index in [1.165, 1.54) is 7.11 Å². The Morgan fingerprint density at radius 3 is 2.40 bits per heavy atom. The highest BCUT2D eigenvalue weighted by Crippen LogP contribution is 2.26. The van der Waals surface area contributed by atoms with Crippen LogP contribution in [0.1, 0.15) is 36.7 Å². The van der Waals surface area contributed by atoms with Crippen molar-refractivity contribution in [3.8, 4) is 5.75 Å². The summed E-state index contributed by atoms with van der Waals surface area (Å²) in [6, 6.07) is 5.31. The number of carbonyl (C=O) groups excluding carboxylic acids is 1. The molecular formula is C15H22O5. The van der Waals surface area contributed by atoms with Gasteiger partial charge in [0.25, 0.3) is 0 Å². The molecule has 0 saturated carbocycles. The van der Waals surface area contributed by atoms with Gasteiger partial charge in [-0.05, 0) is 32.4 Å². The third-order valence-electron chi connectivity index (χ3n) is 2.35. The summed E-state index contributed by atoms with van der Waals surface area (Å²) in [6.07, 6.45) is 0. The topological polar surface area (TPSA) is 54.0 Å². The molecule has 0 amide bonds. The molecule has 0 atom stereocenters. The van der Waals surface area contributed by atoms with E-state index in [2.05, 4.69) is 0 Å². The molecule has 0 aliphatic rings. The van der Waals surface area contributed by atoms with Gasteiger partial charge in [-0.3, -0.25) is 0 Å². The van der Waals surface area contributed by atoms with Crippen molar-refractivity contribution in [1.29, 1.82) is 0 Å². The summed E-state index contributed by atoms with van der Waals surface area (Å²) in [5.74, 6) is -0.00750. The van der Waals surface area contributed by atoms with Gasteiger partial charge in [-0.2, -0.15) is 0 Å². The van der Waals surface area contributed by atoms with Crippen LogP contribution in [0.5, 0.6) is 5.75 Å². The van der Waals surface area contributed by atoms with E-state index in [-0.39, 0.29) is 6.79 Å². The molecule has 20 heavy (non-hydrogen) atoms. The first-order chi connectivity index (χ1) is 9.39. The van der Waals surface area contributed by atoms with Crippen molar-refractivity contribution < 1.29 is 23.7 Å². The van der Waals surface area contributed by atoms with Crippen LogP contribution < -0.4 is 4.74 Å². The normalized spacial score (nSPS) is 11.2. The minimum atomic E-state index is -0.574. The van der Waals surface area contributed by atoms with Crippen molar-refractivity contribution in [1.82, 2.24) is 0 Å². The highest BCUT2D eigenvalue weighted by Gasteiger charge is 2.24. The Kier molecular flexibility index (Phi) is 5.98. The fourth-order valence-electron chi connectivity index (χ4n) is 1.66. The Hall–Kier alpha value is -1.59. The minimum Gasteiger partial charge on any atom is -0.467 e. The van der Waals surface area contributed by atoms with Crippen LogP contribution in [0.15, 0.2) is 18.2 Å². The molecule has 1 aromatic carbocycles. The van der Waals surface area contributed by atoms with Gasteiger partial charge in [0.05, 0.1) is 6.61 Å². The van der Waals surface area contributed by atoms with E-state index in [0.29, 0.717) is 17.9 Å². The molecule has 0 spiro atoms. The van der Waals surface area contributed by atoms with Crippen LogP contribution in [0.25, 0.3) is 0 Å². The number of methoxy groups -OCH3 is 2. The van der Waals surface area contributed by atoms with Gasteiger partial charge >= 0.3 is 5.97 Å². The van der Waals surface area contributed by atoms with E-state index in [9.17, 15) is 4.79 Å². The predicted octanol–water partition coefficient (Wildman–Crippen LogP) is 2.77. The maximum atomic E-state index is 12.3. The lowest BCUT2D eigenvalue weighted by Gasteiger charge is -2.21. The number of esters is 1. The molecule has 0 unspecified atom stereocenters. The maximum Gasteiger partial charge on any atom is 0.342 e. The summed E-state index contributed by atoms with van der Waals surface area (Å²) in [6.45, 7) is 5.82. The lowest BCUT2D eigenvalue weighted by atomic mass is 10.1. The average Bonchev–Trinajstić information content (AvgIpc) is 2.34. The highest BCUT2D eigenvalue weighted by atomic mass is 16.7. The Morgan fingerprint density at radius 2 is 1.85 bits per heavy atom. The molecule has 0 heterocycles. The zero-order valence-corrected chi connectivity index (χ0v) is 12.7. The Balaban J connectivity index is 3.12. The van der Waals surface area contributed by atoms with Gasteiger partial charge in [0.15, 0.2) is 6.79 Å². The third-order valence-corrected chi connectivity index (χ3v) is 2.35. The van der Waals surface area contributed by atoms with Crippen LogP contribution in [0, 0.1) is 0 Å². The molecule has 0 aliphatic heterocycles. The molecule has 0 aliphatic carbocycles. The molecule has 0 bridgehead atoms. The second-order valence-corrected chi connectivity index (χ2v) is 5.28. The Morgan fingerprint density at radius 1 is 1.15 bits per heavy atom. The van der Waals surface area contributed by atoms with Gasteiger partial charge in [0, 0.05) is 14.2 Å². The van der Waals surface area contributed by atoms with Crippen LogP contribution in [0.3, 0.4) is 0 Å². The molecule has 1 rings (SSSR count). The predicted molar refractivity (Wildman–Crippen MR) is 74.8 cm³/mol. The summed E-state index contributed by atoms with van der Waals surface area (Å²) in [5.41, 5.74) is 0.521. The van der Waals surface area contributed by atoms with Crippen molar-refractivity contribution in [2.45, 2.75) is 33.0 Å². The first-order valence-corrected chi connectivity index (χ1v) is 6.35. The maximum absolute atomic E-state index is 12.3. The quantitative estimate of drug-likeness (QED) is 0.593. The van der Waals surface area contributed by atoms with Crippen LogP contribution in [-0.2, 0) is 20.8 Å². The molecule has 1 aromatic rings. The van der Waals surface area contributed by atoms with Gasteiger partial charge < -0.3 is 18.9 Å². The smallest absolute Gasteiger partial charge is 0.342 e. The van der Waals surface area contributed by atoms with E-state index in [4.69, 9.17) is 18.9 Å². The molecule has 0 aromatic heterocycles. The SMILES string of the molecule is COCOc1cccc(COC)c1C(=O)OC(C)(C)C. The lowest BCUT2D eigenvalue weighted by Crippen LogP contribution is -2.25. The van der Waals surface area contributed by atoms with Crippen molar-refractivity contribution in [3.05, 3.63) is 29.3 Å². The Bertz CT molecular complexity index is 448.